The lowest BCUT2D eigenvalue weighted by atomic mass is 10.0. The van der Waals surface area contributed by atoms with Gasteiger partial charge in [-0.1, -0.05) is 18.2 Å². The van der Waals surface area contributed by atoms with Crippen LogP contribution in [0.15, 0.2) is 84.0 Å². The number of imidazole rings is 1. The maximum absolute atomic E-state index is 13.7. The zero-order valence-electron chi connectivity index (χ0n) is 19.6. The smallest absolute Gasteiger partial charge is 0.213 e. The van der Waals surface area contributed by atoms with Gasteiger partial charge in [0.05, 0.1) is 33.7 Å². The van der Waals surface area contributed by atoms with E-state index in [9.17, 15) is 8.60 Å². The van der Waals surface area contributed by atoms with Crippen LogP contribution in [0.5, 0.6) is 5.88 Å². The average molecular weight is 499 g/mol. The summed E-state index contributed by atoms with van der Waals surface area (Å²) >= 11 is 0. The van der Waals surface area contributed by atoms with Crippen molar-refractivity contribution in [3.05, 3.63) is 90.6 Å². The largest absolute Gasteiger partial charge is 0.475 e. The van der Waals surface area contributed by atoms with E-state index in [-0.39, 0.29) is 11.9 Å². The van der Waals surface area contributed by atoms with Crippen molar-refractivity contribution in [2.45, 2.75) is 23.9 Å². The molecule has 1 unspecified atom stereocenters. The second-order valence-electron chi connectivity index (χ2n) is 8.78. The number of aromatic nitrogens is 4. The van der Waals surface area contributed by atoms with Gasteiger partial charge in [0.1, 0.15) is 23.3 Å². The quantitative estimate of drug-likeness (QED) is 0.305. The molecular weight excluding hydrogens is 475 g/mol. The van der Waals surface area contributed by atoms with Crippen LogP contribution in [0.4, 0.5) is 4.39 Å². The van der Waals surface area contributed by atoms with Crippen LogP contribution in [0.25, 0.3) is 33.4 Å². The third-order valence-electron chi connectivity index (χ3n) is 6.47. The van der Waals surface area contributed by atoms with Crippen LogP contribution < -0.4 is 4.74 Å². The Morgan fingerprint density at radius 1 is 1.03 bits per heavy atom. The van der Waals surface area contributed by atoms with Crippen molar-refractivity contribution in [2.24, 2.45) is 0 Å². The van der Waals surface area contributed by atoms with Crippen molar-refractivity contribution in [3.63, 3.8) is 0 Å². The average Bonchev–Trinajstić information content (AvgIpc) is 3.47. The molecule has 6 rings (SSSR count). The number of hydrogen-bond donors (Lipinski definition) is 0. The second kappa shape index (κ2) is 9.28. The molecular formula is C28H23FN4O2S. The minimum atomic E-state index is -1.23. The molecule has 0 radical (unpaired) electrons. The summed E-state index contributed by atoms with van der Waals surface area (Å²) in [5.41, 5.74) is 4.23. The Labute approximate surface area is 210 Å². The predicted octanol–water partition coefficient (Wildman–Crippen LogP) is 5.60. The number of benzene rings is 2. The molecule has 4 heterocycles. The molecule has 0 saturated carbocycles. The van der Waals surface area contributed by atoms with E-state index >= 15 is 0 Å². The van der Waals surface area contributed by atoms with Gasteiger partial charge in [0.2, 0.25) is 5.88 Å². The Kier molecular flexibility index (Phi) is 5.81. The molecule has 36 heavy (non-hydrogen) atoms. The fourth-order valence-corrected chi connectivity index (χ4v) is 5.24. The first-order valence-electron chi connectivity index (χ1n) is 11.7. The third-order valence-corrected chi connectivity index (χ3v) is 7.28. The summed E-state index contributed by atoms with van der Waals surface area (Å²) in [5.74, 6) is 1.23. The van der Waals surface area contributed by atoms with E-state index in [1.807, 2.05) is 48.5 Å². The van der Waals surface area contributed by atoms with Gasteiger partial charge >= 0.3 is 0 Å². The highest BCUT2D eigenvalue weighted by Crippen LogP contribution is 2.40. The van der Waals surface area contributed by atoms with Crippen molar-refractivity contribution in [2.75, 3.05) is 12.9 Å². The van der Waals surface area contributed by atoms with Gasteiger partial charge in [-0.25, -0.2) is 19.3 Å². The van der Waals surface area contributed by atoms with Crippen molar-refractivity contribution < 1.29 is 13.3 Å². The lowest BCUT2D eigenvalue weighted by molar-refractivity contribution is 0.248. The number of aryl methyl sites for hydroxylation is 1. The van der Waals surface area contributed by atoms with Crippen molar-refractivity contribution in [3.8, 4) is 28.4 Å². The summed E-state index contributed by atoms with van der Waals surface area (Å²) < 4.78 is 34.2. The van der Waals surface area contributed by atoms with E-state index in [0.29, 0.717) is 17.5 Å². The number of fused-ring (bicyclic) bond motifs is 2. The van der Waals surface area contributed by atoms with E-state index < -0.39 is 10.8 Å². The summed E-state index contributed by atoms with van der Waals surface area (Å²) in [6.45, 7) is 0.433. The van der Waals surface area contributed by atoms with Crippen molar-refractivity contribution in [1.82, 2.24) is 19.5 Å². The molecule has 3 aromatic heterocycles. The highest BCUT2D eigenvalue weighted by molar-refractivity contribution is 7.84. The lowest BCUT2D eigenvalue weighted by Gasteiger charge is -2.18. The first kappa shape index (κ1) is 22.5. The summed E-state index contributed by atoms with van der Waals surface area (Å²) in [4.78, 5) is 13.9. The van der Waals surface area contributed by atoms with Crippen LogP contribution in [0, 0.1) is 5.82 Å². The number of nitrogens with zero attached hydrogens (tertiary/aromatic N) is 4. The summed E-state index contributed by atoms with van der Waals surface area (Å²) in [7, 11) is -1.23. The number of para-hydroxylation sites is 1. The van der Waals surface area contributed by atoms with E-state index in [0.717, 1.165) is 52.1 Å². The topological polar surface area (TPSA) is 69.9 Å². The van der Waals surface area contributed by atoms with Crippen LogP contribution in [0.2, 0.25) is 0 Å². The number of pyridine rings is 2. The summed E-state index contributed by atoms with van der Waals surface area (Å²) in [5, 5.41) is 1.56. The van der Waals surface area contributed by atoms with Gasteiger partial charge in [-0.2, -0.15) is 0 Å². The fraction of sp³-hybridized carbons (Fsp3) is 0.179. The van der Waals surface area contributed by atoms with Gasteiger partial charge in [0.15, 0.2) is 0 Å². The molecule has 0 saturated heterocycles. The molecule has 6 nitrogen and oxygen atoms in total. The fourth-order valence-electron chi connectivity index (χ4n) is 4.74. The molecule has 0 spiro atoms. The zero-order chi connectivity index (χ0) is 24.6. The molecule has 0 bridgehead atoms. The van der Waals surface area contributed by atoms with Gasteiger partial charge < -0.3 is 9.30 Å². The Morgan fingerprint density at radius 3 is 2.69 bits per heavy atom. The first-order chi connectivity index (χ1) is 17.6. The Hall–Kier alpha value is -3.91. The van der Waals surface area contributed by atoms with Gasteiger partial charge in [0.25, 0.3) is 0 Å². The van der Waals surface area contributed by atoms with Gasteiger partial charge in [-0.15, -0.1) is 0 Å². The molecule has 1 aliphatic rings. The molecule has 5 aromatic rings. The number of halogens is 1. The first-order valence-corrected chi connectivity index (χ1v) is 13.3. The SMILES string of the molecule is CS(=O)c1cc(-c2c(-c3ccc(F)cc3)nc3n2[C@H](COc2ccc4ccccc4n2)CC3)ccn1. The summed E-state index contributed by atoms with van der Waals surface area (Å²) in [6.07, 6.45) is 4.95. The molecule has 0 N–H and O–H groups in total. The predicted molar refractivity (Wildman–Crippen MR) is 138 cm³/mol. The number of rotatable bonds is 6. The molecule has 0 amide bonds. The monoisotopic (exact) mass is 498 g/mol. The van der Waals surface area contributed by atoms with Crippen LogP contribution in [-0.2, 0) is 17.2 Å². The molecule has 0 fully saturated rings. The van der Waals surface area contributed by atoms with E-state index in [4.69, 9.17) is 9.72 Å². The van der Waals surface area contributed by atoms with E-state index in [1.165, 1.54) is 12.1 Å². The maximum atomic E-state index is 13.7. The van der Waals surface area contributed by atoms with Crippen LogP contribution in [0.1, 0.15) is 18.3 Å². The molecule has 1 aliphatic heterocycles. The maximum Gasteiger partial charge on any atom is 0.213 e. The van der Waals surface area contributed by atoms with Crippen LogP contribution >= 0.6 is 0 Å². The molecule has 2 atom stereocenters. The normalized spacial score (nSPS) is 15.7. The van der Waals surface area contributed by atoms with Crippen LogP contribution in [0.3, 0.4) is 0 Å². The second-order valence-corrected chi connectivity index (χ2v) is 10.1. The zero-order valence-corrected chi connectivity index (χ0v) is 20.4. The summed E-state index contributed by atoms with van der Waals surface area (Å²) in [6, 6.07) is 22.0. The molecule has 0 aliphatic carbocycles. The Bertz CT molecular complexity index is 1600. The van der Waals surface area contributed by atoms with Gasteiger partial charge in [-0.3, -0.25) is 4.21 Å². The van der Waals surface area contributed by atoms with Crippen molar-refractivity contribution in [1.29, 1.82) is 0 Å². The third kappa shape index (κ3) is 4.18. The van der Waals surface area contributed by atoms with E-state index in [2.05, 4.69) is 14.5 Å². The highest BCUT2D eigenvalue weighted by atomic mass is 32.2. The van der Waals surface area contributed by atoms with E-state index in [1.54, 1.807) is 24.6 Å². The number of hydrogen-bond acceptors (Lipinski definition) is 5. The standard InChI is InChI=1S/C28H23FN4O2S/c1-36(34)26-16-20(14-15-30-26)28-27(19-6-9-21(29)10-7-19)32-24-12-11-22(33(24)28)17-35-25-13-8-18-4-2-3-5-23(18)31-25/h2-10,13-16,22H,11-12,17H2,1H3/t22-,36?/m0/s1. The molecule has 180 valence electrons. The minimum absolute atomic E-state index is 0.0358. The minimum Gasteiger partial charge on any atom is -0.475 e. The van der Waals surface area contributed by atoms with Crippen molar-refractivity contribution >= 4 is 21.7 Å². The lowest BCUT2D eigenvalue weighted by Crippen LogP contribution is -2.15. The van der Waals surface area contributed by atoms with Crippen LogP contribution in [-0.4, -0.2) is 36.6 Å². The Balaban J connectivity index is 1.40. The molecule has 8 heteroatoms. The van der Waals surface area contributed by atoms with Gasteiger partial charge in [0, 0.05) is 41.5 Å². The highest BCUT2D eigenvalue weighted by Gasteiger charge is 2.31. The molecule has 2 aromatic carbocycles. The number of ether oxygens (including phenoxy) is 1. The Morgan fingerprint density at radius 2 is 1.86 bits per heavy atom. The van der Waals surface area contributed by atoms with Gasteiger partial charge in [-0.05, 0) is 55.0 Å².